The van der Waals surface area contributed by atoms with Crippen LogP contribution in [0.25, 0.3) is 22.5 Å². The van der Waals surface area contributed by atoms with Crippen molar-refractivity contribution in [2.75, 3.05) is 23.7 Å². The predicted octanol–water partition coefficient (Wildman–Crippen LogP) is 3.99. The number of aromatic nitrogens is 7. The highest BCUT2D eigenvalue weighted by Gasteiger charge is 2.47. The zero-order chi connectivity index (χ0) is 25.6. The van der Waals surface area contributed by atoms with E-state index in [9.17, 15) is 0 Å². The Morgan fingerprint density at radius 1 is 1.03 bits per heavy atom. The Hall–Kier alpha value is -3.67. The maximum Gasteiger partial charge on any atom is 0.160 e. The lowest BCUT2D eigenvalue weighted by Crippen LogP contribution is -2.44. The van der Waals surface area contributed by atoms with Gasteiger partial charge in [0.2, 0.25) is 0 Å². The average Bonchev–Trinajstić information content (AvgIpc) is 3.70. The van der Waals surface area contributed by atoms with Gasteiger partial charge in [-0.2, -0.15) is 0 Å². The molecule has 4 N–H and O–H groups in total. The molecule has 1 aliphatic carbocycles. The second-order valence-electron chi connectivity index (χ2n) is 10.2. The molecule has 0 radical (unpaired) electrons. The Bertz CT molecular complexity index is 1850. The van der Waals surface area contributed by atoms with Crippen LogP contribution in [-0.4, -0.2) is 47.0 Å². The quantitative estimate of drug-likeness (QED) is 0.341. The van der Waals surface area contributed by atoms with E-state index in [0.717, 1.165) is 70.4 Å². The zero-order valence-corrected chi connectivity index (χ0v) is 21.8. The van der Waals surface area contributed by atoms with Gasteiger partial charge in [-0.15, -0.1) is 10.2 Å². The molecule has 8 rings (SSSR count). The molecular formula is C26H23ClN10S. The minimum absolute atomic E-state index is 0.00414. The largest absolute Gasteiger partial charge is 0.382 e. The summed E-state index contributed by atoms with van der Waals surface area (Å²) in [7, 11) is 0. The molecule has 190 valence electrons. The third-order valence-electron chi connectivity index (χ3n) is 8.33. The predicted molar refractivity (Wildman–Crippen MR) is 147 cm³/mol. The smallest absolute Gasteiger partial charge is 0.160 e. The maximum atomic E-state index is 6.89. The van der Waals surface area contributed by atoms with Crippen molar-refractivity contribution in [2.45, 2.75) is 35.1 Å². The fourth-order valence-electron chi connectivity index (χ4n) is 6.28. The first-order valence-electron chi connectivity index (χ1n) is 12.5. The van der Waals surface area contributed by atoms with Crippen molar-refractivity contribution in [1.29, 1.82) is 0 Å². The van der Waals surface area contributed by atoms with E-state index in [1.165, 1.54) is 23.0 Å². The minimum atomic E-state index is 0.00414. The number of halogens is 1. The monoisotopic (exact) mass is 542 g/mol. The van der Waals surface area contributed by atoms with Gasteiger partial charge in [-0.25, -0.2) is 15.0 Å². The third kappa shape index (κ3) is 3.03. The number of anilines is 2. The summed E-state index contributed by atoms with van der Waals surface area (Å²) in [5.74, 6) is 1.29. The second-order valence-corrected chi connectivity index (χ2v) is 11.7. The molecule has 0 bridgehead atoms. The lowest BCUT2D eigenvalue weighted by atomic mass is 9.73. The molecule has 0 unspecified atom stereocenters. The summed E-state index contributed by atoms with van der Waals surface area (Å²) in [5.41, 5.74) is 18.9. The van der Waals surface area contributed by atoms with E-state index in [0.29, 0.717) is 10.8 Å². The van der Waals surface area contributed by atoms with Crippen LogP contribution in [0.2, 0.25) is 5.02 Å². The normalized spacial score (nSPS) is 18.9. The number of piperidine rings is 1. The summed E-state index contributed by atoms with van der Waals surface area (Å²) in [4.78, 5) is 18.1. The molecule has 1 fully saturated rings. The number of hydrogen-bond acceptors (Lipinski definition) is 9. The number of pyridine rings is 3. The lowest BCUT2D eigenvalue weighted by Gasteiger charge is -2.42. The molecular weight excluding hydrogens is 520 g/mol. The van der Waals surface area contributed by atoms with Crippen LogP contribution in [0.15, 0.2) is 58.8 Å². The van der Waals surface area contributed by atoms with Gasteiger partial charge in [0.15, 0.2) is 17.1 Å². The fraction of sp³-hybridized carbons (Fsp3) is 0.269. The Kier molecular flexibility index (Phi) is 4.65. The number of nitrogen functional groups attached to an aromatic ring is 1. The molecule has 0 aromatic carbocycles. The molecule has 1 saturated heterocycles. The van der Waals surface area contributed by atoms with Crippen LogP contribution in [-0.2, 0) is 6.42 Å². The van der Waals surface area contributed by atoms with Crippen LogP contribution < -0.4 is 16.4 Å². The van der Waals surface area contributed by atoms with Crippen molar-refractivity contribution >= 4 is 57.5 Å². The molecule has 10 nitrogen and oxygen atoms in total. The topological polar surface area (TPSA) is 129 Å². The number of imidazole rings is 2. The Morgan fingerprint density at radius 2 is 1.87 bits per heavy atom. The van der Waals surface area contributed by atoms with Crippen LogP contribution >= 0.6 is 23.4 Å². The van der Waals surface area contributed by atoms with Gasteiger partial charge in [0, 0.05) is 35.9 Å². The summed E-state index contributed by atoms with van der Waals surface area (Å²) < 4.78 is 4.22. The average molecular weight is 543 g/mol. The van der Waals surface area contributed by atoms with Crippen molar-refractivity contribution < 1.29 is 0 Å². The molecule has 12 heteroatoms. The van der Waals surface area contributed by atoms with E-state index in [-0.39, 0.29) is 11.5 Å². The summed E-state index contributed by atoms with van der Waals surface area (Å²) in [5, 5.41) is 8.77. The van der Waals surface area contributed by atoms with E-state index in [4.69, 9.17) is 33.0 Å². The molecule has 2 aliphatic rings. The van der Waals surface area contributed by atoms with Crippen LogP contribution in [0, 0.1) is 5.41 Å². The summed E-state index contributed by atoms with van der Waals surface area (Å²) in [6.07, 6.45) is 8.31. The Balaban J connectivity index is 1.09. The number of nitrogens with two attached hydrogens (primary N) is 2. The van der Waals surface area contributed by atoms with E-state index in [1.54, 1.807) is 12.5 Å². The van der Waals surface area contributed by atoms with Gasteiger partial charge in [-0.05, 0) is 54.5 Å². The van der Waals surface area contributed by atoms with Gasteiger partial charge in [-0.1, -0.05) is 29.4 Å². The number of nitrogens with zero attached hydrogens (tertiary/aromatic N) is 8. The van der Waals surface area contributed by atoms with Crippen LogP contribution in [0.3, 0.4) is 0 Å². The molecule has 7 heterocycles. The molecule has 0 saturated carbocycles. The zero-order valence-electron chi connectivity index (χ0n) is 20.3. The van der Waals surface area contributed by atoms with Gasteiger partial charge in [0.05, 0.1) is 16.1 Å². The van der Waals surface area contributed by atoms with Gasteiger partial charge < -0.3 is 16.4 Å². The molecule has 1 atom stereocenters. The molecule has 1 aliphatic heterocycles. The first-order chi connectivity index (χ1) is 18.5. The Morgan fingerprint density at radius 3 is 2.74 bits per heavy atom. The van der Waals surface area contributed by atoms with Crippen molar-refractivity contribution in [3.05, 3.63) is 65.3 Å². The molecule has 6 aromatic heterocycles. The van der Waals surface area contributed by atoms with Crippen LogP contribution in [0.5, 0.6) is 0 Å². The first kappa shape index (κ1) is 22.3. The number of fused-ring (bicyclic) bond motifs is 3. The number of rotatable bonds is 3. The standard InChI is InChI=1S/C26H23ClN10S/c27-21-17(5-8-30-23(21)29)38-18-2-4-19-33-24(16-12-31-25(18)37(16)19)35-9-6-26(7-10-35)11-15-14(22(26)28)1-3-20-34-32-13-36(15)20/h1-5,8,12-13,22H,6-7,9-11,28H2,(H2,29,30)/t22-/m1/s1. The highest BCUT2D eigenvalue weighted by molar-refractivity contribution is 7.99. The van der Waals surface area contributed by atoms with E-state index >= 15 is 0 Å². The summed E-state index contributed by atoms with van der Waals surface area (Å²) >= 11 is 7.93. The van der Waals surface area contributed by atoms with E-state index in [1.807, 2.05) is 30.5 Å². The van der Waals surface area contributed by atoms with Gasteiger partial charge in [0.25, 0.3) is 0 Å². The third-order valence-corrected chi connectivity index (χ3v) is 9.94. The fourth-order valence-corrected chi connectivity index (χ4v) is 7.44. The maximum absolute atomic E-state index is 6.89. The van der Waals surface area contributed by atoms with Gasteiger partial charge in [-0.3, -0.25) is 8.80 Å². The molecule has 0 amide bonds. The van der Waals surface area contributed by atoms with Crippen molar-refractivity contribution in [1.82, 2.24) is 34.0 Å². The minimum Gasteiger partial charge on any atom is -0.382 e. The molecule has 1 spiro atoms. The van der Waals surface area contributed by atoms with Crippen molar-refractivity contribution in [3.63, 3.8) is 0 Å². The van der Waals surface area contributed by atoms with Crippen LogP contribution in [0.4, 0.5) is 11.6 Å². The SMILES string of the molecule is Nc1nccc(Sc2ccc3nc(N4CCC5(CC4)Cc4c(ccc6nncn46)[C@H]5N)c4cnc2n34)c1Cl. The summed E-state index contributed by atoms with van der Waals surface area (Å²) in [6, 6.07) is 10.1. The lowest BCUT2D eigenvalue weighted by molar-refractivity contribution is 0.186. The Labute approximate surface area is 226 Å². The van der Waals surface area contributed by atoms with Crippen molar-refractivity contribution in [3.8, 4) is 0 Å². The van der Waals surface area contributed by atoms with Gasteiger partial charge in [0.1, 0.15) is 23.3 Å². The first-order valence-corrected chi connectivity index (χ1v) is 13.7. The van der Waals surface area contributed by atoms with Crippen LogP contribution in [0.1, 0.15) is 30.1 Å². The highest BCUT2D eigenvalue weighted by Crippen LogP contribution is 2.51. The molecule has 38 heavy (non-hydrogen) atoms. The second kappa shape index (κ2) is 7.92. The van der Waals surface area contributed by atoms with E-state index < -0.39 is 0 Å². The van der Waals surface area contributed by atoms with Gasteiger partial charge >= 0.3 is 0 Å². The van der Waals surface area contributed by atoms with Crippen molar-refractivity contribution in [2.24, 2.45) is 11.1 Å². The molecule has 6 aromatic rings. The summed E-state index contributed by atoms with van der Waals surface area (Å²) in [6.45, 7) is 1.78. The highest BCUT2D eigenvalue weighted by atomic mass is 35.5. The van der Waals surface area contributed by atoms with E-state index in [2.05, 4.69) is 34.9 Å². The number of hydrogen-bond donors (Lipinski definition) is 2.